The van der Waals surface area contributed by atoms with Crippen molar-refractivity contribution in [3.63, 3.8) is 0 Å². The number of halogens is 1. The highest BCUT2D eigenvalue weighted by atomic mass is 35.5. The van der Waals surface area contributed by atoms with E-state index in [-0.39, 0.29) is 6.04 Å². The summed E-state index contributed by atoms with van der Waals surface area (Å²) in [6.07, 6.45) is 1.90. The number of carboxylic acid groups (broad SMARTS) is 1. The SMILES string of the molecule is CSc1ccc(CN(C(=O)OC(C)(C)C)[C@H]2C[C@@H](C(=O)O)N(Cc3ccccc3Cl)C2)cc1. The fraction of sp³-hybridized carbons (Fsp3) is 0.440. The summed E-state index contributed by atoms with van der Waals surface area (Å²) in [5.41, 5.74) is 1.18. The van der Waals surface area contributed by atoms with Crippen LogP contribution in [0.3, 0.4) is 0 Å². The standard InChI is InChI=1S/C25H31ClN2O4S/c1-25(2,3)32-24(31)28(14-17-9-11-20(33-4)12-10-17)19-13-22(23(29)30)27(16-19)15-18-7-5-6-8-21(18)26/h5-12,19,22H,13-16H2,1-4H3,(H,29,30)/t19-,22-/m0/s1. The quantitative estimate of drug-likeness (QED) is 0.515. The fourth-order valence-electron chi connectivity index (χ4n) is 3.97. The highest BCUT2D eigenvalue weighted by Crippen LogP contribution is 2.29. The lowest BCUT2D eigenvalue weighted by atomic mass is 10.1. The second-order valence-corrected chi connectivity index (χ2v) is 10.5. The summed E-state index contributed by atoms with van der Waals surface area (Å²) in [4.78, 5) is 29.9. The maximum atomic E-state index is 13.2. The van der Waals surface area contributed by atoms with Crippen LogP contribution in [0.4, 0.5) is 4.79 Å². The van der Waals surface area contributed by atoms with Crippen LogP contribution < -0.4 is 0 Å². The molecule has 2 atom stereocenters. The molecule has 8 heteroatoms. The van der Waals surface area contributed by atoms with E-state index in [1.807, 2.05) is 74.4 Å². The average molecular weight is 491 g/mol. The van der Waals surface area contributed by atoms with Crippen molar-refractivity contribution in [1.29, 1.82) is 0 Å². The number of rotatable bonds is 7. The van der Waals surface area contributed by atoms with Gasteiger partial charge in [0.1, 0.15) is 11.6 Å². The number of benzene rings is 2. The van der Waals surface area contributed by atoms with Gasteiger partial charge in [-0.25, -0.2) is 4.79 Å². The minimum atomic E-state index is -0.905. The van der Waals surface area contributed by atoms with Crippen molar-refractivity contribution < 1.29 is 19.4 Å². The highest BCUT2D eigenvalue weighted by Gasteiger charge is 2.42. The molecule has 2 aromatic carbocycles. The van der Waals surface area contributed by atoms with Gasteiger partial charge < -0.3 is 9.84 Å². The largest absolute Gasteiger partial charge is 0.480 e. The fourth-order valence-corrected chi connectivity index (χ4v) is 4.58. The van der Waals surface area contributed by atoms with Crippen LogP contribution in [-0.4, -0.2) is 57.5 Å². The molecule has 33 heavy (non-hydrogen) atoms. The molecular weight excluding hydrogens is 460 g/mol. The molecule has 0 radical (unpaired) electrons. The van der Waals surface area contributed by atoms with E-state index >= 15 is 0 Å². The molecule has 0 unspecified atom stereocenters. The lowest BCUT2D eigenvalue weighted by Crippen LogP contribution is -2.44. The Morgan fingerprint density at radius 2 is 1.85 bits per heavy atom. The van der Waals surface area contributed by atoms with Gasteiger partial charge in [-0.2, -0.15) is 0 Å². The summed E-state index contributed by atoms with van der Waals surface area (Å²) in [5.74, 6) is -0.905. The predicted molar refractivity (Wildman–Crippen MR) is 132 cm³/mol. The third-order valence-electron chi connectivity index (χ3n) is 5.58. The third-order valence-corrected chi connectivity index (χ3v) is 6.69. The number of thioether (sulfide) groups is 1. The van der Waals surface area contributed by atoms with Crippen molar-refractivity contribution in [1.82, 2.24) is 9.80 Å². The molecule has 0 spiro atoms. The molecule has 1 N–H and O–H groups in total. The first-order chi connectivity index (χ1) is 15.6. The lowest BCUT2D eigenvalue weighted by Gasteiger charge is -2.32. The van der Waals surface area contributed by atoms with E-state index in [0.29, 0.717) is 31.1 Å². The number of nitrogens with zero attached hydrogens (tertiary/aromatic N) is 2. The van der Waals surface area contributed by atoms with Crippen molar-refractivity contribution in [3.05, 3.63) is 64.7 Å². The molecule has 6 nitrogen and oxygen atoms in total. The third kappa shape index (κ3) is 6.88. The lowest BCUT2D eigenvalue weighted by molar-refractivity contribution is -0.142. The van der Waals surface area contributed by atoms with E-state index in [2.05, 4.69) is 0 Å². The first-order valence-corrected chi connectivity index (χ1v) is 12.5. The average Bonchev–Trinajstić information content (AvgIpc) is 3.16. The van der Waals surface area contributed by atoms with Gasteiger partial charge >= 0.3 is 12.1 Å². The summed E-state index contributed by atoms with van der Waals surface area (Å²) in [5, 5.41) is 10.5. The molecule has 178 valence electrons. The van der Waals surface area contributed by atoms with Crippen LogP contribution in [0.1, 0.15) is 38.3 Å². The van der Waals surface area contributed by atoms with Crippen LogP contribution in [-0.2, 0) is 22.6 Å². The minimum Gasteiger partial charge on any atom is -0.480 e. The predicted octanol–water partition coefficient (Wildman–Crippen LogP) is 5.53. The van der Waals surface area contributed by atoms with Gasteiger partial charge in [-0.3, -0.25) is 14.6 Å². The summed E-state index contributed by atoms with van der Waals surface area (Å²) in [6, 6.07) is 14.4. The zero-order valence-electron chi connectivity index (χ0n) is 19.5. The maximum Gasteiger partial charge on any atom is 0.410 e. The Morgan fingerprint density at radius 3 is 2.42 bits per heavy atom. The Morgan fingerprint density at radius 1 is 1.18 bits per heavy atom. The molecule has 0 bridgehead atoms. The second kappa shape index (κ2) is 10.8. The van der Waals surface area contributed by atoms with E-state index in [4.69, 9.17) is 16.3 Å². The van der Waals surface area contributed by atoms with E-state index in [9.17, 15) is 14.7 Å². The molecule has 1 aliphatic heterocycles. The molecule has 0 aliphatic carbocycles. The van der Waals surface area contributed by atoms with Gasteiger partial charge in [0.15, 0.2) is 0 Å². The molecular formula is C25H31ClN2O4S. The maximum absolute atomic E-state index is 13.2. The smallest absolute Gasteiger partial charge is 0.410 e. The normalized spacial score (nSPS) is 18.8. The molecule has 1 aliphatic rings. The van der Waals surface area contributed by atoms with Crippen LogP contribution in [0.15, 0.2) is 53.4 Å². The first-order valence-electron chi connectivity index (χ1n) is 10.9. The highest BCUT2D eigenvalue weighted by molar-refractivity contribution is 7.98. The molecule has 1 heterocycles. The van der Waals surface area contributed by atoms with E-state index in [0.717, 1.165) is 16.0 Å². The van der Waals surface area contributed by atoms with Gasteiger partial charge in [-0.15, -0.1) is 11.8 Å². The van der Waals surface area contributed by atoms with Gasteiger partial charge in [-0.1, -0.05) is 41.9 Å². The van der Waals surface area contributed by atoms with Crippen molar-refractivity contribution in [2.24, 2.45) is 0 Å². The van der Waals surface area contributed by atoms with E-state index < -0.39 is 23.7 Å². The molecule has 1 saturated heterocycles. The number of likely N-dealkylation sites (tertiary alicyclic amines) is 1. The Kier molecular flexibility index (Phi) is 8.32. The molecule has 2 aromatic rings. The number of hydrogen-bond donors (Lipinski definition) is 1. The number of amides is 1. The minimum absolute atomic E-state index is 0.302. The Bertz CT molecular complexity index is 977. The molecule has 0 saturated carbocycles. The van der Waals surface area contributed by atoms with Gasteiger partial charge in [0.05, 0.1) is 6.04 Å². The summed E-state index contributed by atoms with van der Waals surface area (Å²) < 4.78 is 5.69. The molecule has 0 aromatic heterocycles. The monoisotopic (exact) mass is 490 g/mol. The summed E-state index contributed by atoms with van der Waals surface area (Å²) in [6.45, 7) is 6.65. The van der Waals surface area contributed by atoms with Crippen LogP contribution in [0.5, 0.6) is 0 Å². The first kappa shape index (κ1) is 25.4. The van der Waals surface area contributed by atoms with Crippen LogP contribution >= 0.6 is 23.4 Å². The van der Waals surface area contributed by atoms with Gasteiger partial charge in [0.25, 0.3) is 0 Å². The van der Waals surface area contributed by atoms with Crippen molar-refractivity contribution in [2.75, 3.05) is 12.8 Å². The molecule has 1 fully saturated rings. The van der Waals surface area contributed by atoms with Crippen molar-refractivity contribution in [3.8, 4) is 0 Å². The number of carboxylic acids is 1. The van der Waals surface area contributed by atoms with E-state index in [1.54, 1.807) is 22.7 Å². The zero-order valence-corrected chi connectivity index (χ0v) is 21.0. The van der Waals surface area contributed by atoms with Crippen LogP contribution in [0, 0.1) is 0 Å². The number of carbonyl (C=O) groups excluding carboxylic acids is 1. The number of aliphatic carboxylic acids is 1. The van der Waals surface area contributed by atoms with Crippen molar-refractivity contribution in [2.45, 2.75) is 62.9 Å². The second-order valence-electron chi connectivity index (χ2n) is 9.22. The summed E-state index contributed by atoms with van der Waals surface area (Å²) in [7, 11) is 0. The zero-order chi connectivity index (χ0) is 24.2. The topological polar surface area (TPSA) is 70.1 Å². The Hall–Kier alpha value is -2.22. The molecule has 3 rings (SSSR count). The number of hydrogen-bond acceptors (Lipinski definition) is 5. The Balaban J connectivity index is 1.85. The number of ether oxygens (including phenoxy) is 1. The van der Waals surface area contributed by atoms with Crippen molar-refractivity contribution >= 4 is 35.4 Å². The number of carbonyl (C=O) groups is 2. The molecule has 1 amide bonds. The van der Waals surface area contributed by atoms with Gasteiger partial charge in [0, 0.05) is 29.6 Å². The van der Waals surface area contributed by atoms with Crippen LogP contribution in [0.2, 0.25) is 5.02 Å². The van der Waals surface area contributed by atoms with Gasteiger partial charge in [0.2, 0.25) is 0 Å². The van der Waals surface area contributed by atoms with E-state index in [1.165, 1.54) is 0 Å². The summed E-state index contributed by atoms with van der Waals surface area (Å²) >= 11 is 7.98. The van der Waals surface area contributed by atoms with Crippen LogP contribution in [0.25, 0.3) is 0 Å². The van der Waals surface area contributed by atoms with Gasteiger partial charge in [-0.05, 0) is 62.8 Å². The Labute approximate surface area is 204 Å².